The second-order valence-electron chi connectivity index (χ2n) is 7.17. The summed E-state index contributed by atoms with van der Waals surface area (Å²) in [6.45, 7) is 7.10. The Morgan fingerprint density at radius 2 is 0.838 bits per heavy atom. The molecule has 0 fully saturated rings. The summed E-state index contributed by atoms with van der Waals surface area (Å²) in [5.74, 6) is -1.49. The third-order valence-corrected chi connectivity index (χ3v) is 4.87. The number of aliphatic hydroxyl groups is 1. The van der Waals surface area contributed by atoms with Gasteiger partial charge in [-0.05, 0) is 22.0 Å². The highest BCUT2D eigenvalue weighted by Gasteiger charge is 2.10. The Labute approximate surface area is 225 Å². The van der Waals surface area contributed by atoms with E-state index in [1.165, 1.54) is 0 Å². The molecule has 0 unspecified atom stereocenters. The van der Waals surface area contributed by atoms with E-state index in [-0.39, 0.29) is 30.0 Å². The van der Waals surface area contributed by atoms with Gasteiger partial charge in [-0.25, -0.2) is 8.78 Å². The highest BCUT2D eigenvalue weighted by Crippen LogP contribution is 2.29. The van der Waals surface area contributed by atoms with Crippen molar-refractivity contribution in [3.05, 3.63) is 28.2 Å². The van der Waals surface area contributed by atoms with Gasteiger partial charge in [0.1, 0.15) is 12.4 Å². The molecular weight excluding hydrogens is 566 g/mol. The molecule has 10 nitrogen and oxygen atoms in total. The third-order valence-electron chi connectivity index (χ3n) is 4.28. The van der Waals surface area contributed by atoms with Crippen LogP contribution in [-0.4, -0.2) is 124 Å². The van der Waals surface area contributed by atoms with Gasteiger partial charge in [0.05, 0.1) is 117 Å². The van der Waals surface area contributed by atoms with Crippen LogP contribution in [0.2, 0.25) is 0 Å². The van der Waals surface area contributed by atoms with Gasteiger partial charge in [-0.2, -0.15) is 0 Å². The van der Waals surface area contributed by atoms with Crippen LogP contribution in [-0.2, 0) is 37.9 Å². The zero-order valence-electron chi connectivity index (χ0n) is 21.1. The van der Waals surface area contributed by atoms with Crippen LogP contribution in [0.15, 0.2) is 16.6 Å². The molecular formula is C24H39BrF2O10. The SMILES string of the molecule is OCCOCCOCCOCCOCCOCCOCCOCCOCCOc1c(F)cc(F)cc1Br. The third kappa shape index (κ3) is 20.6. The van der Waals surface area contributed by atoms with Gasteiger partial charge < -0.3 is 47.7 Å². The topological polar surface area (TPSA) is 103 Å². The lowest BCUT2D eigenvalue weighted by molar-refractivity contribution is -0.0243. The van der Waals surface area contributed by atoms with Crippen molar-refractivity contribution in [2.24, 2.45) is 0 Å². The van der Waals surface area contributed by atoms with Gasteiger partial charge in [-0.3, -0.25) is 0 Å². The molecule has 0 atom stereocenters. The highest BCUT2D eigenvalue weighted by atomic mass is 79.9. The summed E-state index contributed by atoms with van der Waals surface area (Å²) in [6, 6.07) is 1.90. The molecule has 1 aromatic carbocycles. The summed E-state index contributed by atoms with van der Waals surface area (Å²) in [5.41, 5.74) is 0. The van der Waals surface area contributed by atoms with E-state index in [1.54, 1.807) is 0 Å². The van der Waals surface area contributed by atoms with Gasteiger partial charge in [0.15, 0.2) is 11.6 Å². The van der Waals surface area contributed by atoms with Crippen molar-refractivity contribution in [3.63, 3.8) is 0 Å². The second kappa shape index (κ2) is 25.3. The van der Waals surface area contributed by atoms with Crippen LogP contribution in [0.3, 0.4) is 0 Å². The molecule has 0 bridgehead atoms. The van der Waals surface area contributed by atoms with E-state index >= 15 is 0 Å². The first kappa shape index (κ1) is 34.0. The molecule has 0 aliphatic carbocycles. The Hall–Kier alpha value is -1.00. The zero-order valence-corrected chi connectivity index (χ0v) is 22.7. The van der Waals surface area contributed by atoms with Gasteiger partial charge in [-0.15, -0.1) is 0 Å². The molecule has 1 aromatic rings. The van der Waals surface area contributed by atoms with Crippen molar-refractivity contribution in [2.75, 3.05) is 119 Å². The summed E-state index contributed by atoms with van der Waals surface area (Å²) < 4.78 is 74.8. The number of benzene rings is 1. The lowest BCUT2D eigenvalue weighted by Crippen LogP contribution is -2.15. The van der Waals surface area contributed by atoms with E-state index in [4.69, 9.17) is 47.7 Å². The van der Waals surface area contributed by atoms with Crippen LogP contribution < -0.4 is 4.74 Å². The Balaban J connectivity index is 1.72. The molecule has 1 N–H and O–H groups in total. The van der Waals surface area contributed by atoms with E-state index in [0.717, 1.165) is 12.1 Å². The van der Waals surface area contributed by atoms with Crippen molar-refractivity contribution >= 4 is 15.9 Å². The summed E-state index contributed by atoms with van der Waals surface area (Å²) >= 11 is 3.06. The fourth-order valence-corrected chi connectivity index (χ4v) is 3.10. The average molecular weight is 605 g/mol. The number of halogens is 3. The minimum atomic E-state index is -0.771. The van der Waals surface area contributed by atoms with Crippen LogP contribution in [0.4, 0.5) is 8.78 Å². The predicted octanol–water partition coefficient (Wildman–Crippen LogP) is 2.23. The van der Waals surface area contributed by atoms with Gasteiger partial charge in [-0.1, -0.05) is 0 Å². The normalized spacial score (nSPS) is 11.4. The first-order valence-electron chi connectivity index (χ1n) is 12.1. The number of hydrogen-bond donors (Lipinski definition) is 1. The molecule has 0 amide bonds. The summed E-state index contributed by atoms with van der Waals surface area (Å²) in [4.78, 5) is 0. The fourth-order valence-electron chi connectivity index (χ4n) is 2.58. The van der Waals surface area contributed by atoms with Crippen LogP contribution in [0, 0.1) is 11.6 Å². The van der Waals surface area contributed by atoms with E-state index in [1.807, 2.05) is 0 Å². The number of hydrogen-bond acceptors (Lipinski definition) is 10. The maximum Gasteiger partial charge on any atom is 0.169 e. The van der Waals surface area contributed by atoms with Gasteiger partial charge in [0.25, 0.3) is 0 Å². The van der Waals surface area contributed by atoms with E-state index < -0.39 is 11.6 Å². The van der Waals surface area contributed by atoms with Crippen molar-refractivity contribution < 1.29 is 56.5 Å². The van der Waals surface area contributed by atoms with E-state index in [2.05, 4.69) is 15.9 Å². The van der Waals surface area contributed by atoms with Gasteiger partial charge >= 0.3 is 0 Å². The number of ether oxygens (including phenoxy) is 9. The molecule has 0 aromatic heterocycles. The molecule has 0 spiro atoms. The lowest BCUT2D eigenvalue weighted by Gasteiger charge is -2.10. The minimum Gasteiger partial charge on any atom is -0.487 e. The smallest absolute Gasteiger partial charge is 0.169 e. The number of rotatable bonds is 27. The van der Waals surface area contributed by atoms with Crippen LogP contribution >= 0.6 is 15.9 Å². The van der Waals surface area contributed by atoms with Crippen LogP contribution in [0.5, 0.6) is 5.75 Å². The Bertz CT molecular complexity index is 637. The Kier molecular flexibility index (Phi) is 23.3. The average Bonchev–Trinajstić information content (AvgIpc) is 2.87. The maximum atomic E-state index is 13.6. The van der Waals surface area contributed by atoms with Crippen molar-refractivity contribution in [3.8, 4) is 5.75 Å². The van der Waals surface area contributed by atoms with Gasteiger partial charge in [0.2, 0.25) is 0 Å². The lowest BCUT2D eigenvalue weighted by atomic mass is 10.3. The molecule has 0 radical (unpaired) electrons. The molecule has 0 saturated carbocycles. The fraction of sp³-hybridized carbons (Fsp3) is 0.750. The molecule has 0 heterocycles. The minimum absolute atomic E-state index is 0.0160. The quantitative estimate of drug-likeness (QED) is 0.150. The summed E-state index contributed by atoms with van der Waals surface area (Å²) in [5, 5.41) is 8.55. The molecule has 1 rings (SSSR count). The first-order valence-corrected chi connectivity index (χ1v) is 12.9. The standard InChI is InChI=1S/C24H39BrF2O10/c25-22-19-21(26)20-23(27)24(22)37-18-17-36-16-15-35-14-13-34-12-11-33-10-9-32-8-7-31-6-5-30-4-3-29-2-1-28/h19-20,28H,1-18H2. The van der Waals surface area contributed by atoms with Crippen molar-refractivity contribution in [1.82, 2.24) is 0 Å². The Morgan fingerprint density at radius 3 is 1.16 bits per heavy atom. The predicted molar refractivity (Wildman–Crippen MR) is 133 cm³/mol. The Morgan fingerprint density at radius 1 is 0.514 bits per heavy atom. The first-order chi connectivity index (χ1) is 18.1. The molecule has 0 aliphatic rings. The second-order valence-corrected chi connectivity index (χ2v) is 8.02. The molecule has 216 valence electrons. The number of aliphatic hydroxyl groups excluding tert-OH is 1. The van der Waals surface area contributed by atoms with Crippen molar-refractivity contribution in [2.45, 2.75) is 0 Å². The molecule has 37 heavy (non-hydrogen) atoms. The van der Waals surface area contributed by atoms with Crippen LogP contribution in [0.1, 0.15) is 0 Å². The van der Waals surface area contributed by atoms with E-state index in [9.17, 15) is 8.78 Å². The summed E-state index contributed by atoms with van der Waals surface area (Å²) in [6.07, 6.45) is 0. The van der Waals surface area contributed by atoms with E-state index in [0.29, 0.717) is 99.1 Å². The van der Waals surface area contributed by atoms with Gasteiger partial charge in [0, 0.05) is 6.07 Å². The molecule has 0 aliphatic heterocycles. The van der Waals surface area contributed by atoms with Crippen LogP contribution in [0.25, 0.3) is 0 Å². The maximum absolute atomic E-state index is 13.6. The largest absolute Gasteiger partial charge is 0.487 e. The monoisotopic (exact) mass is 604 g/mol. The van der Waals surface area contributed by atoms with Crippen molar-refractivity contribution in [1.29, 1.82) is 0 Å². The molecule has 0 saturated heterocycles. The zero-order chi connectivity index (χ0) is 26.8. The summed E-state index contributed by atoms with van der Waals surface area (Å²) in [7, 11) is 0. The molecule has 13 heteroatoms. The highest BCUT2D eigenvalue weighted by molar-refractivity contribution is 9.10.